The molecule has 2 atom stereocenters. The number of hydrogen-bond acceptors (Lipinski definition) is 6. The number of piperazine rings is 1. The first-order chi connectivity index (χ1) is 15.1. The highest BCUT2D eigenvalue weighted by Crippen LogP contribution is 2.22. The Kier molecular flexibility index (Phi) is 6.62. The molecule has 0 saturated carbocycles. The van der Waals surface area contributed by atoms with Crippen molar-refractivity contribution in [1.82, 2.24) is 14.9 Å². The fraction of sp³-hybridized carbons (Fsp3) is 0.375. The maximum atomic E-state index is 13.0. The molecule has 7 nitrogen and oxygen atoms in total. The molecule has 2 aromatic rings. The van der Waals surface area contributed by atoms with Crippen molar-refractivity contribution in [3.8, 4) is 0 Å². The molecule has 2 N–H and O–H groups in total. The SMILES string of the molecule is CC1C(=O)N(Cc2ccccc2)CCN1c1cc(NCC(O)C2=CCCC=C2)ncn1. The summed E-state index contributed by atoms with van der Waals surface area (Å²) in [4.78, 5) is 25.5. The molecule has 31 heavy (non-hydrogen) atoms. The Hall–Kier alpha value is -3.19. The standard InChI is InChI=1S/C24H29N5O2/c1-18-24(31)28(16-19-8-4-2-5-9-19)12-13-29(18)23-14-22(26-17-27-23)25-15-21(30)20-10-6-3-7-11-20/h2,4-6,8-11,14,17-18,21,30H,3,7,12-13,15-16H2,1H3,(H,25,26,27). The fourth-order valence-corrected chi connectivity index (χ4v) is 4.00. The summed E-state index contributed by atoms with van der Waals surface area (Å²) >= 11 is 0. The number of aliphatic hydroxyl groups is 1. The van der Waals surface area contributed by atoms with E-state index in [0.29, 0.717) is 37.8 Å². The molecule has 7 heteroatoms. The molecule has 1 saturated heterocycles. The molecular formula is C24H29N5O2. The third-order valence-electron chi connectivity index (χ3n) is 5.80. The van der Waals surface area contributed by atoms with Crippen LogP contribution in [0, 0.1) is 0 Å². The van der Waals surface area contributed by atoms with E-state index in [2.05, 4.69) is 27.4 Å². The zero-order chi connectivity index (χ0) is 21.6. The minimum absolute atomic E-state index is 0.0923. The van der Waals surface area contributed by atoms with Gasteiger partial charge in [-0.2, -0.15) is 0 Å². The predicted molar refractivity (Wildman–Crippen MR) is 122 cm³/mol. The number of hydrogen-bond donors (Lipinski definition) is 2. The fourth-order valence-electron chi connectivity index (χ4n) is 4.00. The molecule has 0 radical (unpaired) electrons. The van der Waals surface area contributed by atoms with E-state index in [1.807, 2.05) is 59.2 Å². The summed E-state index contributed by atoms with van der Waals surface area (Å²) in [7, 11) is 0. The van der Waals surface area contributed by atoms with Crippen molar-refractivity contribution in [3.05, 3.63) is 72.1 Å². The lowest BCUT2D eigenvalue weighted by molar-refractivity contribution is -0.134. The van der Waals surface area contributed by atoms with Gasteiger partial charge in [-0.05, 0) is 30.9 Å². The van der Waals surface area contributed by atoms with Crippen LogP contribution in [0.3, 0.4) is 0 Å². The molecule has 1 aromatic carbocycles. The van der Waals surface area contributed by atoms with Gasteiger partial charge < -0.3 is 20.2 Å². The largest absolute Gasteiger partial charge is 0.387 e. The smallest absolute Gasteiger partial charge is 0.245 e. The number of allylic oxidation sites excluding steroid dienone is 2. The van der Waals surface area contributed by atoms with Crippen LogP contribution in [0.15, 0.2) is 66.5 Å². The summed E-state index contributed by atoms with van der Waals surface area (Å²) in [5.41, 5.74) is 2.06. The zero-order valence-corrected chi connectivity index (χ0v) is 17.8. The molecule has 2 unspecified atom stereocenters. The molecule has 4 rings (SSSR count). The first-order valence-corrected chi connectivity index (χ1v) is 10.8. The molecule has 1 fully saturated rings. The highest BCUT2D eigenvalue weighted by molar-refractivity contribution is 5.86. The molecule has 0 spiro atoms. The molecule has 1 aliphatic carbocycles. The van der Waals surface area contributed by atoms with E-state index in [0.717, 1.165) is 24.0 Å². The first-order valence-electron chi connectivity index (χ1n) is 10.8. The van der Waals surface area contributed by atoms with Gasteiger partial charge in [-0.1, -0.05) is 48.6 Å². The number of aliphatic hydroxyl groups excluding tert-OH is 1. The quantitative estimate of drug-likeness (QED) is 0.718. The summed E-state index contributed by atoms with van der Waals surface area (Å²) < 4.78 is 0. The van der Waals surface area contributed by atoms with Crippen LogP contribution < -0.4 is 10.2 Å². The normalized spacial score (nSPS) is 19.9. The van der Waals surface area contributed by atoms with Crippen molar-refractivity contribution in [2.45, 2.75) is 38.5 Å². The van der Waals surface area contributed by atoms with E-state index < -0.39 is 6.10 Å². The number of nitrogens with one attached hydrogen (secondary N) is 1. The number of nitrogens with zero attached hydrogens (tertiary/aromatic N) is 4. The van der Waals surface area contributed by atoms with E-state index in [-0.39, 0.29) is 11.9 Å². The number of anilines is 2. The minimum Gasteiger partial charge on any atom is -0.387 e. The average molecular weight is 420 g/mol. The Balaban J connectivity index is 1.38. The van der Waals surface area contributed by atoms with Gasteiger partial charge in [-0.15, -0.1) is 0 Å². The highest BCUT2D eigenvalue weighted by atomic mass is 16.3. The molecule has 0 bridgehead atoms. The van der Waals surface area contributed by atoms with E-state index in [1.54, 1.807) is 0 Å². The van der Waals surface area contributed by atoms with Crippen LogP contribution in [0.25, 0.3) is 0 Å². The summed E-state index contributed by atoms with van der Waals surface area (Å²) in [6.07, 6.45) is 9.02. The van der Waals surface area contributed by atoms with E-state index >= 15 is 0 Å². The number of aromatic nitrogens is 2. The van der Waals surface area contributed by atoms with Crippen molar-refractivity contribution in [1.29, 1.82) is 0 Å². The van der Waals surface area contributed by atoms with Crippen LogP contribution >= 0.6 is 0 Å². The van der Waals surface area contributed by atoms with Crippen LogP contribution in [0.5, 0.6) is 0 Å². The zero-order valence-electron chi connectivity index (χ0n) is 17.8. The van der Waals surface area contributed by atoms with E-state index in [4.69, 9.17) is 0 Å². The van der Waals surface area contributed by atoms with Gasteiger partial charge in [0.25, 0.3) is 0 Å². The van der Waals surface area contributed by atoms with Crippen LogP contribution in [0.4, 0.5) is 11.6 Å². The lowest BCUT2D eigenvalue weighted by Gasteiger charge is -2.39. The van der Waals surface area contributed by atoms with Crippen molar-refractivity contribution in [2.24, 2.45) is 0 Å². The minimum atomic E-state index is -0.586. The van der Waals surface area contributed by atoms with Gasteiger partial charge in [0.2, 0.25) is 5.91 Å². The maximum Gasteiger partial charge on any atom is 0.245 e. The highest BCUT2D eigenvalue weighted by Gasteiger charge is 2.32. The Morgan fingerprint density at radius 1 is 1.19 bits per heavy atom. The molecule has 2 aliphatic rings. The first kappa shape index (κ1) is 21.1. The van der Waals surface area contributed by atoms with Gasteiger partial charge in [0.05, 0.1) is 6.10 Å². The average Bonchev–Trinajstić information content (AvgIpc) is 2.82. The van der Waals surface area contributed by atoms with Gasteiger partial charge in [0.1, 0.15) is 24.0 Å². The van der Waals surface area contributed by atoms with E-state index in [1.165, 1.54) is 6.33 Å². The van der Waals surface area contributed by atoms with Gasteiger partial charge in [0, 0.05) is 32.2 Å². The Labute approximate surface area is 183 Å². The van der Waals surface area contributed by atoms with Crippen molar-refractivity contribution in [3.63, 3.8) is 0 Å². The summed E-state index contributed by atoms with van der Waals surface area (Å²) in [5, 5.41) is 13.6. The van der Waals surface area contributed by atoms with Crippen molar-refractivity contribution in [2.75, 3.05) is 29.9 Å². The van der Waals surface area contributed by atoms with Crippen LogP contribution in [0.1, 0.15) is 25.3 Å². The molecule has 162 valence electrons. The number of carbonyl (C=O) groups is 1. The number of benzene rings is 1. The second-order valence-electron chi connectivity index (χ2n) is 7.96. The van der Waals surface area contributed by atoms with Crippen LogP contribution in [-0.4, -0.2) is 57.7 Å². The van der Waals surface area contributed by atoms with Gasteiger partial charge in [-0.25, -0.2) is 9.97 Å². The Morgan fingerprint density at radius 2 is 2.03 bits per heavy atom. The van der Waals surface area contributed by atoms with Gasteiger partial charge >= 0.3 is 0 Å². The third-order valence-corrected chi connectivity index (χ3v) is 5.80. The maximum absolute atomic E-state index is 13.0. The molecular weight excluding hydrogens is 390 g/mol. The van der Waals surface area contributed by atoms with E-state index in [9.17, 15) is 9.90 Å². The van der Waals surface area contributed by atoms with Crippen LogP contribution in [0.2, 0.25) is 0 Å². The number of carbonyl (C=O) groups excluding carboxylic acids is 1. The number of rotatable bonds is 7. The van der Waals surface area contributed by atoms with Gasteiger partial charge in [0.15, 0.2) is 0 Å². The lowest BCUT2D eigenvalue weighted by Crippen LogP contribution is -2.55. The topological polar surface area (TPSA) is 81.6 Å². The molecule has 1 amide bonds. The lowest BCUT2D eigenvalue weighted by atomic mass is 10.0. The van der Waals surface area contributed by atoms with Crippen LogP contribution in [-0.2, 0) is 11.3 Å². The monoisotopic (exact) mass is 419 g/mol. The molecule has 1 aromatic heterocycles. The summed E-state index contributed by atoms with van der Waals surface area (Å²) in [6.45, 7) is 4.25. The summed E-state index contributed by atoms with van der Waals surface area (Å²) in [6, 6.07) is 11.6. The van der Waals surface area contributed by atoms with Crippen molar-refractivity contribution < 1.29 is 9.90 Å². The third kappa shape index (κ3) is 5.11. The van der Waals surface area contributed by atoms with Crippen molar-refractivity contribution >= 4 is 17.5 Å². The number of amides is 1. The van der Waals surface area contributed by atoms with Gasteiger partial charge in [-0.3, -0.25) is 4.79 Å². The summed E-state index contributed by atoms with van der Waals surface area (Å²) in [5.74, 6) is 1.44. The second-order valence-corrected chi connectivity index (χ2v) is 7.96. The molecule has 1 aliphatic heterocycles. The second kappa shape index (κ2) is 9.75. The Bertz CT molecular complexity index is 959. The Morgan fingerprint density at radius 3 is 2.81 bits per heavy atom. The predicted octanol–water partition coefficient (Wildman–Crippen LogP) is 2.76. The molecule has 2 heterocycles.